The van der Waals surface area contributed by atoms with Crippen molar-refractivity contribution >= 4 is 11.9 Å². The van der Waals surface area contributed by atoms with Gasteiger partial charge in [0.05, 0.1) is 25.8 Å². The van der Waals surface area contributed by atoms with Crippen molar-refractivity contribution in [2.24, 2.45) is 5.92 Å². The fourth-order valence-electron chi connectivity index (χ4n) is 2.35. The number of amides is 1. The zero-order chi connectivity index (χ0) is 18.6. The molecule has 2 aromatic rings. The summed E-state index contributed by atoms with van der Waals surface area (Å²) in [7, 11) is 4.65. The van der Waals surface area contributed by atoms with Crippen LogP contribution in [-0.4, -0.2) is 59.9 Å². The van der Waals surface area contributed by atoms with Crippen molar-refractivity contribution in [1.82, 2.24) is 15.1 Å². The number of aliphatic carboxylic acids is 1. The second kappa shape index (κ2) is 7.69. The number of aromatic amines is 1. The molecule has 2 N–H and O–H groups in total. The van der Waals surface area contributed by atoms with Crippen LogP contribution in [0, 0.1) is 5.92 Å². The van der Waals surface area contributed by atoms with Crippen molar-refractivity contribution in [3.05, 3.63) is 30.0 Å². The van der Waals surface area contributed by atoms with Gasteiger partial charge in [0.25, 0.3) is 5.91 Å². The van der Waals surface area contributed by atoms with E-state index in [1.165, 1.54) is 4.90 Å². The van der Waals surface area contributed by atoms with E-state index in [4.69, 9.17) is 14.6 Å². The number of hydrogen-bond acceptors (Lipinski definition) is 5. The Kier molecular flexibility index (Phi) is 5.63. The molecule has 8 heteroatoms. The van der Waals surface area contributed by atoms with Gasteiger partial charge in [-0.25, -0.2) is 0 Å². The number of carbonyl (C=O) groups excluding carboxylic acids is 1. The average Bonchev–Trinajstić information content (AvgIpc) is 3.10. The zero-order valence-corrected chi connectivity index (χ0v) is 14.6. The third-order valence-electron chi connectivity index (χ3n) is 3.80. The van der Waals surface area contributed by atoms with E-state index in [0.717, 1.165) is 5.56 Å². The Morgan fingerprint density at radius 2 is 1.92 bits per heavy atom. The number of aromatic nitrogens is 2. The van der Waals surface area contributed by atoms with E-state index >= 15 is 0 Å². The molecule has 2 rings (SSSR count). The van der Waals surface area contributed by atoms with Crippen molar-refractivity contribution in [2.75, 3.05) is 27.8 Å². The first-order valence-corrected chi connectivity index (χ1v) is 7.63. The van der Waals surface area contributed by atoms with Gasteiger partial charge in [0.15, 0.2) is 11.5 Å². The van der Waals surface area contributed by atoms with E-state index in [9.17, 15) is 9.59 Å². The Labute approximate surface area is 145 Å². The molecule has 1 amide bonds. The van der Waals surface area contributed by atoms with Gasteiger partial charge < -0.3 is 19.5 Å². The summed E-state index contributed by atoms with van der Waals surface area (Å²) < 4.78 is 10.5. The Bertz CT molecular complexity index is 771. The van der Waals surface area contributed by atoms with Crippen LogP contribution in [0.3, 0.4) is 0 Å². The molecule has 1 heterocycles. The molecule has 0 aliphatic rings. The number of H-pyrrole nitrogens is 1. The first-order valence-electron chi connectivity index (χ1n) is 7.63. The number of nitrogens with zero attached hydrogens (tertiary/aromatic N) is 2. The molecule has 0 saturated carbocycles. The molecule has 0 aliphatic heterocycles. The van der Waals surface area contributed by atoms with E-state index in [1.807, 2.05) is 6.07 Å². The number of hydrogen-bond donors (Lipinski definition) is 2. The molecule has 8 nitrogen and oxygen atoms in total. The minimum Gasteiger partial charge on any atom is -0.493 e. The fraction of sp³-hybridized carbons (Fsp3) is 0.353. The summed E-state index contributed by atoms with van der Waals surface area (Å²) >= 11 is 0. The molecule has 1 unspecified atom stereocenters. The van der Waals surface area contributed by atoms with Crippen LogP contribution in [-0.2, 0) is 4.79 Å². The maximum absolute atomic E-state index is 12.4. The Balaban J connectivity index is 2.19. The first kappa shape index (κ1) is 18.3. The largest absolute Gasteiger partial charge is 0.493 e. The molecular formula is C17H21N3O5. The summed E-state index contributed by atoms with van der Waals surface area (Å²) in [4.78, 5) is 24.7. The SMILES string of the molecule is COc1ccc(-c2cc(C(=O)N(C)CC(C)C(=O)O)[nH]n2)cc1OC. The number of carboxylic acids is 1. The number of carboxylic acid groups (broad SMARTS) is 1. The van der Waals surface area contributed by atoms with E-state index in [2.05, 4.69) is 10.2 Å². The zero-order valence-electron chi connectivity index (χ0n) is 14.6. The number of benzene rings is 1. The van der Waals surface area contributed by atoms with Crippen LogP contribution in [0.5, 0.6) is 11.5 Å². The third-order valence-corrected chi connectivity index (χ3v) is 3.80. The maximum atomic E-state index is 12.4. The van der Waals surface area contributed by atoms with Crippen LogP contribution >= 0.6 is 0 Å². The summed E-state index contributed by atoms with van der Waals surface area (Å²) in [6, 6.07) is 6.94. The highest BCUT2D eigenvalue weighted by molar-refractivity contribution is 5.93. The van der Waals surface area contributed by atoms with Crippen molar-refractivity contribution in [2.45, 2.75) is 6.92 Å². The van der Waals surface area contributed by atoms with Gasteiger partial charge in [0.2, 0.25) is 0 Å². The van der Waals surface area contributed by atoms with Gasteiger partial charge in [-0.05, 0) is 24.3 Å². The van der Waals surface area contributed by atoms with Crippen LogP contribution < -0.4 is 9.47 Å². The van der Waals surface area contributed by atoms with Gasteiger partial charge in [-0.1, -0.05) is 6.92 Å². The van der Waals surface area contributed by atoms with Crippen LogP contribution in [0.2, 0.25) is 0 Å². The highest BCUT2D eigenvalue weighted by Crippen LogP contribution is 2.31. The molecule has 1 aromatic heterocycles. The molecule has 25 heavy (non-hydrogen) atoms. The molecule has 0 radical (unpaired) electrons. The van der Waals surface area contributed by atoms with Gasteiger partial charge in [-0.2, -0.15) is 5.10 Å². The monoisotopic (exact) mass is 347 g/mol. The Morgan fingerprint density at radius 1 is 1.24 bits per heavy atom. The summed E-state index contributed by atoms with van der Waals surface area (Å²) in [5.74, 6) is -0.770. The van der Waals surface area contributed by atoms with Crippen LogP contribution in [0.15, 0.2) is 24.3 Å². The van der Waals surface area contributed by atoms with Crippen LogP contribution in [0.1, 0.15) is 17.4 Å². The fourth-order valence-corrected chi connectivity index (χ4v) is 2.35. The van der Waals surface area contributed by atoms with Gasteiger partial charge in [-0.15, -0.1) is 0 Å². The van der Waals surface area contributed by atoms with Gasteiger partial charge in [0.1, 0.15) is 5.69 Å². The molecule has 0 spiro atoms. The molecule has 1 aromatic carbocycles. The lowest BCUT2D eigenvalue weighted by atomic mass is 10.1. The topological polar surface area (TPSA) is 105 Å². The highest BCUT2D eigenvalue weighted by atomic mass is 16.5. The van der Waals surface area contributed by atoms with Crippen molar-refractivity contribution in [1.29, 1.82) is 0 Å². The third kappa shape index (κ3) is 4.09. The lowest BCUT2D eigenvalue weighted by Crippen LogP contribution is -2.33. The number of rotatable bonds is 7. The normalized spacial score (nSPS) is 11.7. The number of nitrogens with one attached hydrogen (secondary N) is 1. The lowest BCUT2D eigenvalue weighted by molar-refractivity contribution is -0.141. The molecule has 0 fully saturated rings. The summed E-state index contributed by atoms with van der Waals surface area (Å²) in [5, 5.41) is 15.8. The summed E-state index contributed by atoms with van der Waals surface area (Å²) in [6.07, 6.45) is 0. The Morgan fingerprint density at radius 3 is 2.52 bits per heavy atom. The molecule has 1 atom stereocenters. The quantitative estimate of drug-likeness (QED) is 0.792. The predicted octanol–water partition coefficient (Wildman–Crippen LogP) is 1.89. The van der Waals surface area contributed by atoms with Crippen LogP contribution in [0.25, 0.3) is 11.3 Å². The van der Waals surface area contributed by atoms with Gasteiger partial charge in [0, 0.05) is 19.2 Å². The molecule has 134 valence electrons. The van der Waals surface area contributed by atoms with E-state index in [1.54, 1.807) is 46.4 Å². The smallest absolute Gasteiger partial charge is 0.308 e. The van der Waals surface area contributed by atoms with Gasteiger partial charge >= 0.3 is 5.97 Å². The Hall–Kier alpha value is -3.03. The van der Waals surface area contributed by atoms with Crippen molar-refractivity contribution in [3.8, 4) is 22.8 Å². The minimum atomic E-state index is -0.949. The second-order valence-corrected chi connectivity index (χ2v) is 5.66. The van der Waals surface area contributed by atoms with Crippen molar-refractivity contribution < 1.29 is 24.2 Å². The van der Waals surface area contributed by atoms with E-state index in [-0.39, 0.29) is 18.1 Å². The van der Waals surface area contributed by atoms with E-state index in [0.29, 0.717) is 17.2 Å². The second-order valence-electron chi connectivity index (χ2n) is 5.66. The lowest BCUT2D eigenvalue weighted by Gasteiger charge is -2.18. The number of methoxy groups -OCH3 is 2. The summed E-state index contributed by atoms with van der Waals surface area (Å²) in [5.41, 5.74) is 1.61. The number of ether oxygens (including phenoxy) is 2. The first-order chi connectivity index (χ1) is 11.9. The molecule has 0 saturated heterocycles. The predicted molar refractivity (Wildman–Crippen MR) is 90.9 cm³/mol. The van der Waals surface area contributed by atoms with Crippen molar-refractivity contribution in [3.63, 3.8) is 0 Å². The summed E-state index contributed by atoms with van der Waals surface area (Å²) in [6.45, 7) is 1.66. The standard InChI is InChI=1S/C17H21N3O5/c1-10(17(22)23)9-20(2)16(21)13-8-12(18-19-13)11-5-6-14(24-3)15(7-11)25-4/h5-8,10H,9H2,1-4H3,(H,18,19)(H,22,23). The average molecular weight is 347 g/mol. The van der Waals surface area contributed by atoms with Crippen LogP contribution in [0.4, 0.5) is 0 Å². The van der Waals surface area contributed by atoms with Gasteiger partial charge in [-0.3, -0.25) is 14.7 Å². The van der Waals surface area contributed by atoms with E-state index < -0.39 is 11.9 Å². The number of carbonyl (C=O) groups is 2. The molecular weight excluding hydrogens is 326 g/mol. The minimum absolute atomic E-state index is 0.110. The maximum Gasteiger partial charge on any atom is 0.308 e. The molecule has 0 aliphatic carbocycles. The molecule has 0 bridgehead atoms. The highest BCUT2D eigenvalue weighted by Gasteiger charge is 2.20.